The zero-order chi connectivity index (χ0) is 19.0. The summed E-state index contributed by atoms with van der Waals surface area (Å²) in [7, 11) is -3.16. The van der Waals surface area contributed by atoms with Gasteiger partial charge in [-0.3, -0.25) is 14.2 Å². The first-order chi connectivity index (χ1) is 10.9. The van der Waals surface area contributed by atoms with E-state index in [1.54, 1.807) is 6.92 Å². The van der Waals surface area contributed by atoms with E-state index in [-0.39, 0.29) is 24.2 Å². The fraction of sp³-hybridized carbons (Fsp3) is 0.875. The van der Waals surface area contributed by atoms with Crippen molar-refractivity contribution in [1.29, 1.82) is 0 Å². The van der Waals surface area contributed by atoms with Crippen molar-refractivity contribution in [2.75, 3.05) is 25.6 Å². The topological polar surface area (TPSA) is 81.7 Å². The van der Waals surface area contributed by atoms with Gasteiger partial charge in [-0.2, -0.15) is 0 Å². The Hall–Kier alpha value is -0.360. The minimum Gasteiger partial charge on any atom is -0.465 e. The Balaban J connectivity index is 4.49. The first-order valence-corrected chi connectivity index (χ1v) is 11.3. The van der Waals surface area contributed by atoms with Crippen LogP contribution in [0.3, 0.4) is 0 Å². The van der Waals surface area contributed by atoms with Crippen molar-refractivity contribution in [1.82, 2.24) is 5.09 Å². The lowest BCUT2D eigenvalue weighted by atomic mass is 10.00. The molecule has 0 saturated carbocycles. The predicted molar refractivity (Wildman–Crippen MR) is 99.4 cm³/mol. The van der Waals surface area contributed by atoms with Crippen LogP contribution in [0.2, 0.25) is 0 Å². The molecule has 1 N–H and O–H groups in total. The molecule has 0 radical (unpaired) electrons. The predicted octanol–water partition coefficient (Wildman–Crippen LogP) is 3.70. The zero-order valence-electron chi connectivity index (χ0n) is 15.9. The minimum atomic E-state index is -3.16. The first kappa shape index (κ1) is 23.6. The number of hydrogen-bond acceptors (Lipinski definition) is 6. The monoisotopic (exact) mass is 381 g/mol. The van der Waals surface area contributed by atoms with Crippen molar-refractivity contribution < 1.29 is 23.4 Å². The van der Waals surface area contributed by atoms with E-state index < -0.39 is 24.9 Å². The zero-order valence-corrected chi connectivity index (χ0v) is 17.6. The number of nitrogens with one attached hydrogen (secondary N) is 1. The van der Waals surface area contributed by atoms with Crippen LogP contribution in [-0.4, -0.2) is 42.8 Å². The van der Waals surface area contributed by atoms with Gasteiger partial charge in [0, 0.05) is 17.8 Å². The molecule has 0 aliphatic heterocycles. The van der Waals surface area contributed by atoms with Crippen LogP contribution < -0.4 is 5.09 Å². The molecule has 8 heteroatoms. The molecule has 0 rings (SSSR count). The molecule has 0 heterocycles. The van der Waals surface area contributed by atoms with Crippen LogP contribution in [0.4, 0.5) is 0 Å². The summed E-state index contributed by atoms with van der Waals surface area (Å²) in [5.41, 5.74) is -0.412. The van der Waals surface area contributed by atoms with Crippen molar-refractivity contribution in [3.05, 3.63) is 0 Å². The molecule has 0 aromatic heterocycles. The van der Waals surface area contributed by atoms with Crippen molar-refractivity contribution in [2.24, 2.45) is 11.3 Å². The van der Waals surface area contributed by atoms with Crippen LogP contribution in [0, 0.1) is 11.3 Å². The summed E-state index contributed by atoms with van der Waals surface area (Å²) in [6, 6.07) is -0.662. The maximum atomic E-state index is 12.5. The van der Waals surface area contributed by atoms with Crippen LogP contribution in [0.5, 0.6) is 0 Å². The number of hydrogen-bond donors (Lipinski definition) is 1. The summed E-state index contributed by atoms with van der Waals surface area (Å²) >= 11 is 1.16. The highest BCUT2D eigenvalue weighted by molar-refractivity contribution is 8.13. The van der Waals surface area contributed by atoms with Crippen molar-refractivity contribution in [3.63, 3.8) is 0 Å². The van der Waals surface area contributed by atoms with Gasteiger partial charge in [0.25, 0.3) is 7.52 Å². The Morgan fingerprint density at radius 3 is 2.29 bits per heavy atom. The Labute approximate surface area is 150 Å². The molecule has 0 aromatic carbocycles. The fourth-order valence-electron chi connectivity index (χ4n) is 1.80. The van der Waals surface area contributed by atoms with E-state index in [0.717, 1.165) is 11.8 Å². The van der Waals surface area contributed by atoms with Gasteiger partial charge in [0.1, 0.15) is 6.04 Å². The Morgan fingerprint density at radius 2 is 1.83 bits per heavy atom. The second-order valence-electron chi connectivity index (χ2n) is 7.13. The average Bonchev–Trinajstić information content (AvgIpc) is 2.41. The van der Waals surface area contributed by atoms with Gasteiger partial charge in [-0.05, 0) is 19.3 Å². The number of carbonyl (C=O) groups is 2. The number of esters is 1. The van der Waals surface area contributed by atoms with Gasteiger partial charge in [-0.1, -0.05) is 46.4 Å². The lowest BCUT2D eigenvalue weighted by Crippen LogP contribution is -2.37. The lowest BCUT2D eigenvalue weighted by molar-refractivity contribution is -0.145. The van der Waals surface area contributed by atoms with E-state index in [9.17, 15) is 14.2 Å². The van der Waals surface area contributed by atoms with Gasteiger partial charge < -0.3 is 9.26 Å². The van der Waals surface area contributed by atoms with Crippen molar-refractivity contribution in [3.8, 4) is 0 Å². The highest BCUT2D eigenvalue weighted by atomic mass is 32.2. The highest BCUT2D eigenvalue weighted by Gasteiger charge is 2.28. The molecule has 2 atom stereocenters. The molecule has 142 valence electrons. The van der Waals surface area contributed by atoms with Crippen LogP contribution in [0.25, 0.3) is 0 Å². The quantitative estimate of drug-likeness (QED) is 0.351. The second kappa shape index (κ2) is 10.6. The molecule has 24 heavy (non-hydrogen) atoms. The summed E-state index contributed by atoms with van der Waals surface area (Å²) in [4.78, 5) is 23.8. The van der Waals surface area contributed by atoms with Crippen LogP contribution in [-0.2, 0) is 23.4 Å². The van der Waals surface area contributed by atoms with Crippen LogP contribution in [0.15, 0.2) is 0 Å². The third-order valence-electron chi connectivity index (χ3n) is 2.94. The number of rotatable bonds is 10. The molecule has 0 fully saturated rings. The van der Waals surface area contributed by atoms with Gasteiger partial charge in [0.05, 0.1) is 13.2 Å². The third kappa shape index (κ3) is 10.5. The lowest BCUT2D eigenvalue weighted by Gasteiger charge is -2.23. The fourth-order valence-corrected chi connectivity index (χ4v) is 4.00. The highest BCUT2D eigenvalue weighted by Crippen LogP contribution is 2.39. The molecule has 0 bridgehead atoms. The summed E-state index contributed by atoms with van der Waals surface area (Å²) in [6.07, 6.45) is 0.511. The van der Waals surface area contributed by atoms with Gasteiger partial charge >= 0.3 is 5.97 Å². The van der Waals surface area contributed by atoms with E-state index in [0.29, 0.717) is 12.2 Å². The Morgan fingerprint density at radius 1 is 1.25 bits per heavy atom. The van der Waals surface area contributed by atoms with Gasteiger partial charge in [0.2, 0.25) is 0 Å². The van der Waals surface area contributed by atoms with Gasteiger partial charge in [-0.15, -0.1) is 0 Å². The van der Waals surface area contributed by atoms with E-state index >= 15 is 0 Å². The van der Waals surface area contributed by atoms with Gasteiger partial charge in [-0.25, -0.2) is 5.09 Å². The molecule has 0 aliphatic rings. The van der Waals surface area contributed by atoms with Crippen molar-refractivity contribution >= 4 is 30.4 Å². The maximum Gasteiger partial charge on any atom is 0.323 e. The number of carbonyl (C=O) groups excluding carboxylic acids is 2. The minimum absolute atomic E-state index is 0.0641. The molecule has 6 nitrogen and oxygen atoms in total. The molecule has 0 spiro atoms. The molecular weight excluding hydrogens is 349 g/mol. The SMILES string of the molecule is CCOC(=O)[C@H](CC(C)C)NP(C)(=O)OCCSC(=O)C(C)(C)C. The van der Waals surface area contributed by atoms with E-state index in [4.69, 9.17) is 9.26 Å². The Bertz CT molecular complexity index is 462. The summed E-state index contributed by atoms with van der Waals surface area (Å²) in [5.74, 6) is 0.241. The van der Waals surface area contributed by atoms with Crippen LogP contribution in [0.1, 0.15) is 48.0 Å². The van der Waals surface area contributed by atoms with E-state index in [1.807, 2.05) is 34.6 Å². The normalized spacial score (nSPS) is 15.8. The summed E-state index contributed by atoms with van der Waals surface area (Å²) in [5, 5.41) is 2.86. The second-order valence-corrected chi connectivity index (χ2v) is 10.4. The van der Waals surface area contributed by atoms with Crippen molar-refractivity contribution in [2.45, 2.75) is 54.0 Å². The smallest absolute Gasteiger partial charge is 0.323 e. The largest absolute Gasteiger partial charge is 0.465 e. The van der Waals surface area contributed by atoms with E-state index in [2.05, 4.69) is 5.09 Å². The summed E-state index contributed by atoms with van der Waals surface area (Å²) < 4.78 is 22.9. The first-order valence-electron chi connectivity index (χ1n) is 8.22. The number of thioether (sulfide) groups is 1. The molecule has 1 unspecified atom stereocenters. The standard InChI is InChI=1S/C16H32NO5PS/c1-8-21-14(18)13(11-12(2)3)17-23(7,20)22-9-10-24-15(19)16(4,5)6/h12-13H,8-11H2,1-7H3,(H,17,20)/t13-,23?/m0/s1. The Kier molecular flexibility index (Phi) is 10.4. The molecule has 0 aliphatic carbocycles. The maximum absolute atomic E-state index is 12.5. The van der Waals surface area contributed by atoms with E-state index in [1.165, 1.54) is 6.66 Å². The van der Waals surface area contributed by atoms with Crippen LogP contribution >= 0.6 is 19.3 Å². The molecule has 0 aromatic rings. The molecule has 0 amide bonds. The molecule has 0 saturated heterocycles. The van der Waals surface area contributed by atoms with Gasteiger partial charge in [0.15, 0.2) is 5.12 Å². The average molecular weight is 381 g/mol. The summed E-state index contributed by atoms with van der Waals surface area (Å²) in [6.45, 7) is 13.1. The number of ether oxygens (including phenoxy) is 1. The molecular formula is C16H32NO5PS. The third-order valence-corrected chi connectivity index (χ3v) is 5.64.